The van der Waals surface area contributed by atoms with Crippen LogP contribution in [0.15, 0.2) is 35.7 Å². The maximum absolute atomic E-state index is 12.4. The van der Waals surface area contributed by atoms with Gasteiger partial charge in [-0.25, -0.2) is 4.98 Å². The van der Waals surface area contributed by atoms with Crippen LogP contribution in [0.4, 0.5) is 0 Å². The van der Waals surface area contributed by atoms with Gasteiger partial charge in [-0.3, -0.25) is 9.59 Å². The van der Waals surface area contributed by atoms with E-state index in [9.17, 15) is 9.59 Å². The van der Waals surface area contributed by atoms with Crippen molar-refractivity contribution in [3.63, 3.8) is 0 Å². The number of hydrogen-bond acceptors (Lipinski definition) is 5. The molecule has 1 aromatic carbocycles. The molecule has 7 heteroatoms. The lowest BCUT2D eigenvalue weighted by Gasteiger charge is -2.17. The van der Waals surface area contributed by atoms with Crippen LogP contribution in [-0.2, 0) is 22.6 Å². The molecule has 1 amide bonds. The Morgan fingerprint density at radius 1 is 1.33 bits per heavy atom. The fraction of sp³-hybridized carbons (Fsp3) is 0.353. The summed E-state index contributed by atoms with van der Waals surface area (Å²) < 4.78 is 5.00. The van der Waals surface area contributed by atoms with Crippen molar-refractivity contribution in [1.82, 2.24) is 10.3 Å². The van der Waals surface area contributed by atoms with Crippen molar-refractivity contribution in [1.29, 1.82) is 0 Å². The van der Waals surface area contributed by atoms with Gasteiger partial charge in [0.25, 0.3) is 5.91 Å². The maximum Gasteiger partial charge on any atom is 0.303 e. The number of carboxylic acids is 1. The van der Waals surface area contributed by atoms with E-state index in [-0.39, 0.29) is 18.4 Å². The number of hydrogen-bond donors (Lipinski definition) is 2. The number of benzene rings is 1. The summed E-state index contributed by atoms with van der Waals surface area (Å²) in [5, 5.41) is 14.2. The second kappa shape index (κ2) is 9.14. The van der Waals surface area contributed by atoms with E-state index in [1.807, 2.05) is 30.3 Å². The minimum Gasteiger partial charge on any atom is -0.481 e. The first-order valence-electron chi connectivity index (χ1n) is 7.58. The Balaban J connectivity index is 2.02. The van der Waals surface area contributed by atoms with Crippen LogP contribution in [0.2, 0.25) is 0 Å². The summed E-state index contributed by atoms with van der Waals surface area (Å²) in [6, 6.07) is 9.41. The highest BCUT2D eigenvalue weighted by Crippen LogP contribution is 2.13. The van der Waals surface area contributed by atoms with Gasteiger partial charge in [0.1, 0.15) is 10.7 Å². The van der Waals surface area contributed by atoms with Crippen LogP contribution in [0.25, 0.3) is 0 Å². The molecule has 128 valence electrons. The predicted molar refractivity (Wildman–Crippen MR) is 91.1 cm³/mol. The molecule has 2 N–H and O–H groups in total. The SMILES string of the molecule is COCc1nc(C(=O)NC(CCC(=O)O)Cc2ccccc2)cs1. The minimum absolute atomic E-state index is 0.00374. The molecular weight excluding hydrogens is 328 g/mol. The molecule has 1 unspecified atom stereocenters. The first kappa shape index (κ1) is 18.1. The molecule has 0 fully saturated rings. The topological polar surface area (TPSA) is 88.5 Å². The summed E-state index contributed by atoms with van der Waals surface area (Å²) in [4.78, 5) is 27.4. The molecule has 0 saturated carbocycles. The average molecular weight is 348 g/mol. The molecule has 0 aliphatic heterocycles. The summed E-state index contributed by atoms with van der Waals surface area (Å²) in [7, 11) is 1.57. The highest BCUT2D eigenvalue weighted by molar-refractivity contribution is 7.09. The summed E-state index contributed by atoms with van der Waals surface area (Å²) in [6.45, 7) is 0.365. The Hall–Kier alpha value is -2.25. The first-order chi connectivity index (χ1) is 11.6. The number of carboxylic acid groups (broad SMARTS) is 1. The molecule has 1 aromatic heterocycles. The predicted octanol–water partition coefficient (Wildman–Crippen LogP) is 2.50. The molecule has 0 bridgehead atoms. The van der Waals surface area contributed by atoms with Gasteiger partial charge >= 0.3 is 5.97 Å². The molecule has 0 radical (unpaired) electrons. The summed E-state index contributed by atoms with van der Waals surface area (Å²) in [5.41, 5.74) is 1.38. The smallest absolute Gasteiger partial charge is 0.303 e. The van der Waals surface area contributed by atoms with Crippen molar-refractivity contribution in [3.05, 3.63) is 52.0 Å². The van der Waals surface area contributed by atoms with Gasteiger partial charge in [0, 0.05) is 25.0 Å². The van der Waals surface area contributed by atoms with Gasteiger partial charge in [-0.2, -0.15) is 0 Å². The Morgan fingerprint density at radius 2 is 2.08 bits per heavy atom. The first-order valence-corrected chi connectivity index (χ1v) is 8.46. The number of rotatable bonds is 9. The van der Waals surface area contributed by atoms with E-state index in [1.165, 1.54) is 11.3 Å². The van der Waals surface area contributed by atoms with Gasteiger partial charge in [0.15, 0.2) is 0 Å². The molecule has 1 heterocycles. The molecule has 2 rings (SSSR count). The molecule has 0 aliphatic carbocycles. The standard InChI is InChI=1S/C17H20N2O4S/c1-23-10-15-19-14(11-24-15)17(22)18-13(7-8-16(20)21)9-12-5-3-2-4-6-12/h2-6,11,13H,7-10H2,1H3,(H,18,22)(H,20,21). The van der Waals surface area contributed by atoms with Crippen molar-refractivity contribution < 1.29 is 19.4 Å². The fourth-order valence-corrected chi connectivity index (χ4v) is 3.03. The lowest BCUT2D eigenvalue weighted by atomic mass is 10.0. The zero-order chi connectivity index (χ0) is 17.4. The molecule has 0 saturated heterocycles. The minimum atomic E-state index is -0.877. The van der Waals surface area contributed by atoms with E-state index in [1.54, 1.807) is 12.5 Å². The molecule has 1 atom stereocenters. The van der Waals surface area contributed by atoms with Crippen LogP contribution in [0.3, 0.4) is 0 Å². The number of carbonyl (C=O) groups is 2. The largest absolute Gasteiger partial charge is 0.481 e. The van der Waals surface area contributed by atoms with Crippen molar-refractivity contribution in [2.24, 2.45) is 0 Å². The van der Waals surface area contributed by atoms with Crippen LogP contribution < -0.4 is 5.32 Å². The number of thiazole rings is 1. The lowest BCUT2D eigenvalue weighted by molar-refractivity contribution is -0.137. The number of nitrogens with zero attached hydrogens (tertiary/aromatic N) is 1. The Morgan fingerprint density at radius 3 is 2.75 bits per heavy atom. The van der Waals surface area contributed by atoms with Gasteiger partial charge in [-0.05, 0) is 18.4 Å². The summed E-state index contributed by atoms with van der Waals surface area (Å²) in [5.74, 6) is -1.17. The maximum atomic E-state index is 12.4. The van der Waals surface area contributed by atoms with Crippen LogP contribution in [0.5, 0.6) is 0 Å². The monoisotopic (exact) mass is 348 g/mol. The average Bonchev–Trinajstić information content (AvgIpc) is 3.03. The number of carbonyl (C=O) groups excluding carboxylic acids is 1. The third kappa shape index (κ3) is 5.75. The quantitative estimate of drug-likeness (QED) is 0.727. The van der Waals surface area contributed by atoms with E-state index in [4.69, 9.17) is 9.84 Å². The van der Waals surface area contributed by atoms with E-state index in [0.29, 0.717) is 25.1 Å². The number of ether oxygens (including phenoxy) is 1. The number of aliphatic carboxylic acids is 1. The molecule has 0 spiro atoms. The zero-order valence-corrected chi connectivity index (χ0v) is 14.2. The van der Waals surface area contributed by atoms with Gasteiger partial charge in [0.2, 0.25) is 0 Å². The number of amides is 1. The molecular formula is C17H20N2O4S. The van der Waals surface area contributed by atoms with Crippen LogP contribution >= 0.6 is 11.3 Å². The van der Waals surface area contributed by atoms with Crippen molar-refractivity contribution in [2.75, 3.05) is 7.11 Å². The van der Waals surface area contributed by atoms with Crippen LogP contribution in [-0.4, -0.2) is 35.1 Å². The summed E-state index contributed by atoms with van der Waals surface area (Å²) >= 11 is 1.36. The Kier molecular flexibility index (Phi) is 6.89. The van der Waals surface area contributed by atoms with Gasteiger partial charge < -0.3 is 15.2 Å². The third-order valence-electron chi connectivity index (χ3n) is 3.42. The molecule has 2 aromatic rings. The van der Waals surface area contributed by atoms with Gasteiger partial charge in [0.05, 0.1) is 6.61 Å². The van der Waals surface area contributed by atoms with E-state index < -0.39 is 5.97 Å². The Labute approximate surface area is 144 Å². The number of aromatic nitrogens is 1. The normalized spacial score (nSPS) is 11.9. The highest BCUT2D eigenvalue weighted by Gasteiger charge is 2.18. The van der Waals surface area contributed by atoms with Crippen molar-refractivity contribution in [3.8, 4) is 0 Å². The fourth-order valence-electron chi connectivity index (χ4n) is 2.29. The van der Waals surface area contributed by atoms with Crippen molar-refractivity contribution in [2.45, 2.75) is 31.9 Å². The number of nitrogens with one attached hydrogen (secondary N) is 1. The van der Waals surface area contributed by atoms with Crippen molar-refractivity contribution >= 4 is 23.2 Å². The van der Waals surface area contributed by atoms with Gasteiger partial charge in [-0.1, -0.05) is 30.3 Å². The van der Waals surface area contributed by atoms with E-state index in [0.717, 1.165) is 10.6 Å². The third-order valence-corrected chi connectivity index (χ3v) is 4.24. The molecule has 6 nitrogen and oxygen atoms in total. The zero-order valence-electron chi connectivity index (χ0n) is 13.4. The summed E-state index contributed by atoms with van der Waals surface area (Å²) in [6.07, 6.45) is 0.948. The van der Waals surface area contributed by atoms with Crippen LogP contribution in [0, 0.1) is 0 Å². The van der Waals surface area contributed by atoms with Crippen LogP contribution in [0.1, 0.15) is 33.9 Å². The number of methoxy groups -OCH3 is 1. The second-order valence-electron chi connectivity index (χ2n) is 5.35. The lowest BCUT2D eigenvalue weighted by Crippen LogP contribution is -2.37. The Bertz CT molecular complexity index is 672. The highest BCUT2D eigenvalue weighted by atomic mass is 32.1. The molecule has 0 aliphatic rings. The van der Waals surface area contributed by atoms with E-state index >= 15 is 0 Å². The second-order valence-corrected chi connectivity index (χ2v) is 6.29. The van der Waals surface area contributed by atoms with Gasteiger partial charge in [-0.15, -0.1) is 11.3 Å². The van der Waals surface area contributed by atoms with E-state index in [2.05, 4.69) is 10.3 Å². The molecule has 24 heavy (non-hydrogen) atoms.